The minimum absolute atomic E-state index is 0. The van der Waals surface area contributed by atoms with Gasteiger partial charge in [-0.25, -0.2) is 13.4 Å². The lowest BCUT2D eigenvalue weighted by molar-refractivity contribution is 0.598. The van der Waals surface area contributed by atoms with Gasteiger partial charge in [-0.2, -0.15) is 0 Å². The minimum Gasteiger partial charge on any atom is -0.356 e. The van der Waals surface area contributed by atoms with Crippen LogP contribution in [0, 0.1) is 6.92 Å². The van der Waals surface area contributed by atoms with E-state index < -0.39 is 9.84 Å². The van der Waals surface area contributed by atoms with Crippen molar-refractivity contribution in [1.29, 1.82) is 0 Å². The van der Waals surface area contributed by atoms with Gasteiger partial charge in [-0.05, 0) is 25.3 Å². The van der Waals surface area contributed by atoms with Crippen LogP contribution >= 0.6 is 24.0 Å². The molecular weight excluding hydrogens is 437 g/mol. The zero-order valence-corrected chi connectivity index (χ0v) is 18.0. The standard InChI is InChI=1S/C17H29N3O2S.HI/c1-4-5-11-18-17(19-12-6-13-23(3,21)22)20-14-16-9-7-15(2)8-10-16;/h7-10H,4-6,11-14H2,1-3H3,(H2,18,19,20);1H. The number of nitrogens with zero attached hydrogens (tertiary/aromatic N) is 1. The second kappa shape index (κ2) is 12.5. The fourth-order valence-electron chi connectivity index (χ4n) is 1.96. The highest BCUT2D eigenvalue weighted by Gasteiger charge is 2.03. The number of hydrogen-bond acceptors (Lipinski definition) is 3. The summed E-state index contributed by atoms with van der Waals surface area (Å²) < 4.78 is 22.3. The molecule has 0 unspecified atom stereocenters. The number of sulfone groups is 1. The summed E-state index contributed by atoms with van der Waals surface area (Å²) in [5.74, 6) is 0.938. The van der Waals surface area contributed by atoms with Crippen LogP contribution in [0.5, 0.6) is 0 Å². The van der Waals surface area contributed by atoms with Crippen LogP contribution in [-0.4, -0.2) is 39.5 Å². The molecule has 0 aliphatic heterocycles. The van der Waals surface area contributed by atoms with Crippen molar-refractivity contribution in [2.75, 3.05) is 25.1 Å². The third-order valence-electron chi connectivity index (χ3n) is 3.35. The Labute approximate surface area is 163 Å². The Bertz CT molecular complexity index is 586. The highest BCUT2D eigenvalue weighted by molar-refractivity contribution is 14.0. The summed E-state index contributed by atoms with van der Waals surface area (Å²) in [5.41, 5.74) is 2.39. The number of guanidine groups is 1. The summed E-state index contributed by atoms with van der Waals surface area (Å²) in [6, 6.07) is 8.31. The maximum absolute atomic E-state index is 11.2. The zero-order chi connectivity index (χ0) is 17.1. The molecule has 0 atom stereocenters. The second-order valence-corrected chi connectivity index (χ2v) is 8.10. The van der Waals surface area contributed by atoms with Crippen molar-refractivity contribution in [3.8, 4) is 0 Å². The Kier molecular flexibility index (Phi) is 12.1. The van der Waals surface area contributed by atoms with Crippen LogP contribution in [0.15, 0.2) is 29.3 Å². The first kappa shape index (κ1) is 23.2. The first-order chi connectivity index (χ1) is 10.9. The lowest BCUT2D eigenvalue weighted by Crippen LogP contribution is -2.38. The van der Waals surface area contributed by atoms with Crippen LogP contribution in [0.4, 0.5) is 0 Å². The van der Waals surface area contributed by atoms with Crippen LogP contribution < -0.4 is 10.6 Å². The fourth-order valence-corrected chi connectivity index (χ4v) is 2.63. The number of aliphatic imine (C=N–C) groups is 1. The molecule has 0 saturated heterocycles. The Hall–Kier alpha value is -0.830. The molecule has 24 heavy (non-hydrogen) atoms. The van der Waals surface area contributed by atoms with E-state index in [0.29, 0.717) is 19.5 Å². The molecule has 0 heterocycles. The summed E-state index contributed by atoms with van der Waals surface area (Å²) in [7, 11) is -2.90. The van der Waals surface area contributed by atoms with Crippen LogP contribution in [0.25, 0.3) is 0 Å². The van der Waals surface area contributed by atoms with Crippen molar-refractivity contribution in [2.24, 2.45) is 4.99 Å². The van der Waals surface area contributed by atoms with Crippen molar-refractivity contribution >= 4 is 39.8 Å². The van der Waals surface area contributed by atoms with E-state index in [1.807, 2.05) is 0 Å². The van der Waals surface area contributed by atoms with Crippen molar-refractivity contribution in [1.82, 2.24) is 10.6 Å². The van der Waals surface area contributed by atoms with Crippen LogP contribution in [0.2, 0.25) is 0 Å². The van der Waals surface area contributed by atoms with Crippen molar-refractivity contribution in [3.05, 3.63) is 35.4 Å². The molecule has 0 amide bonds. The predicted octanol–water partition coefficient (Wildman–Crippen LogP) is 2.88. The van der Waals surface area contributed by atoms with Gasteiger partial charge in [-0.1, -0.05) is 43.2 Å². The smallest absolute Gasteiger partial charge is 0.191 e. The Balaban J connectivity index is 0.00000529. The zero-order valence-electron chi connectivity index (χ0n) is 14.8. The van der Waals surface area contributed by atoms with Crippen LogP contribution in [0.3, 0.4) is 0 Å². The molecule has 1 aromatic carbocycles. The van der Waals surface area contributed by atoms with Gasteiger partial charge in [0, 0.05) is 19.3 Å². The van der Waals surface area contributed by atoms with E-state index in [4.69, 9.17) is 0 Å². The van der Waals surface area contributed by atoms with E-state index >= 15 is 0 Å². The number of nitrogens with one attached hydrogen (secondary N) is 2. The van der Waals surface area contributed by atoms with Crippen molar-refractivity contribution in [2.45, 2.75) is 39.7 Å². The largest absolute Gasteiger partial charge is 0.356 e. The molecule has 0 aliphatic carbocycles. The second-order valence-electron chi connectivity index (χ2n) is 5.84. The molecule has 1 aromatic rings. The number of unbranched alkanes of at least 4 members (excludes halogenated alkanes) is 1. The van der Waals surface area contributed by atoms with E-state index in [0.717, 1.165) is 30.9 Å². The SMILES string of the molecule is CCCCNC(=NCc1ccc(C)cc1)NCCCS(C)(=O)=O.I. The molecule has 0 radical (unpaired) electrons. The summed E-state index contributed by atoms with van der Waals surface area (Å²) in [5, 5.41) is 6.50. The highest BCUT2D eigenvalue weighted by Crippen LogP contribution is 2.04. The van der Waals surface area contributed by atoms with E-state index in [-0.39, 0.29) is 29.7 Å². The summed E-state index contributed by atoms with van der Waals surface area (Å²) in [6.45, 7) is 6.27. The first-order valence-electron chi connectivity index (χ1n) is 8.16. The minimum atomic E-state index is -2.90. The molecule has 138 valence electrons. The molecule has 0 spiro atoms. The first-order valence-corrected chi connectivity index (χ1v) is 10.2. The molecule has 0 bridgehead atoms. The number of aryl methyl sites for hydroxylation is 1. The monoisotopic (exact) mass is 467 g/mol. The average molecular weight is 467 g/mol. The lowest BCUT2D eigenvalue weighted by Gasteiger charge is -2.12. The molecule has 0 fully saturated rings. The van der Waals surface area contributed by atoms with Crippen molar-refractivity contribution < 1.29 is 8.42 Å². The molecule has 0 saturated carbocycles. The van der Waals surface area contributed by atoms with Gasteiger partial charge in [-0.3, -0.25) is 0 Å². The Morgan fingerprint density at radius 2 is 1.67 bits per heavy atom. The third-order valence-corrected chi connectivity index (χ3v) is 4.38. The molecule has 0 aromatic heterocycles. The fraction of sp³-hybridized carbons (Fsp3) is 0.588. The summed E-state index contributed by atoms with van der Waals surface area (Å²) in [4.78, 5) is 4.57. The van der Waals surface area contributed by atoms with Crippen LogP contribution in [0.1, 0.15) is 37.3 Å². The molecule has 0 aliphatic rings. The third kappa shape index (κ3) is 11.7. The van der Waals surface area contributed by atoms with Gasteiger partial charge >= 0.3 is 0 Å². The summed E-state index contributed by atoms with van der Waals surface area (Å²) in [6.07, 6.45) is 4.04. The maximum Gasteiger partial charge on any atom is 0.191 e. The van der Waals surface area contributed by atoms with Gasteiger partial charge in [0.2, 0.25) is 0 Å². The quantitative estimate of drug-likeness (QED) is 0.254. The van der Waals surface area contributed by atoms with Crippen LogP contribution in [-0.2, 0) is 16.4 Å². The van der Waals surface area contributed by atoms with E-state index in [1.54, 1.807) is 0 Å². The number of rotatable bonds is 9. The van der Waals surface area contributed by atoms with E-state index in [1.165, 1.54) is 11.8 Å². The van der Waals surface area contributed by atoms with E-state index in [9.17, 15) is 8.42 Å². The normalized spacial score (nSPS) is 11.7. The highest BCUT2D eigenvalue weighted by atomic mass is 127. The summed E-state index contributed by atoms with van der Waals surface area (Å²) >= 11 is 0. The van der Waals surface area contributed by atoms with Gasteiger partial charge in [0.25, 0.3) is 0 Å². The van der Waals surface area contributed by atoms with Gasteiger partial charge in [-0.15, -0.1) is 24.0 Å². The average Bonchev–Trinajstić information content (AvgIpc) is 2.49. The van der Waals surface area contributed by atoms with Gasteiger partial charge in [0.15, 0.2) is 5.96 Å². The predicted molar refractivity (Wildman–Crippen MR) is 113 cm³/mol. The maximum atomic E-state index is 11.2. The number of halogens is 1. The number of hydrogen-bond donors (Lipinski definition) is 2. The Morgan fingerprint density at radius 1 is 1.08 bits per heavy atom. The van der Waals surface area contributed by atoms with Gasteiger partial charge < -0.3 is 10.6 Å². The van der Waals surface area contributed by atoms with Crippen molar-refractivity contribution in [3.63, 3.8) is 0 Å². The van der Waals surface area contributed by atoms with Gasteiger partial charge in [0.05, 0.1) is 12.3 Å². The molecule has 1 rings (SSSR count). The molecule has 2 N–H and O–H groups in total. The Morgan fingerprint density at radius 3 is 2.21 bits per heavy atom. The van der Waals surface area contributed by atoms with E-state index in [2.05, 4.69) is 53.7 Å². The number of benzene rings is 1. The van der Waals surface area contributed by atoms with Gasteiger partial charge in [0.1, 0.15) is 9.84 Å². The molecular formula is C17H30IN3O2S. The molecule has 7 heteroatoms. The lowest BCUT2D eigenvalue weighted by atomic mass is 10.1. The topological polar surface area (TPSA) is 70.6 Å². The molecule has 5 nitrogen and oxygen atoms in total.